The molecule has 33 heavy (non-hydrogen) atoms. The van der Waals surface area contributed by atoms with Crippen molar-refractivity contribution in [1.82, 2.24) is 30.3 Å². The Morgan fingerprint density at radius 3 is 2.79 bits per heavy atom. The van der Waals surface area contributed by atoms with Gasteiger partial charge < -0.3 is 10.1 Å². The maximum Gasteiger partial charge on any atom is 0.282 e. The molecule has 0 aliphatic rings. The van der Waals surface area contributed by atoms with Crippen LogP contribution in [0.1, 0.15) is 27.3 Å². The molecule has 1 aromatic carbocycles. The van der Waals surface area contributed by atoms with Crippen LogP contribution in [0.4, 0.5) is 8.78 Å². The number of rotatable bonds is 7. The first-order valence-electron chi connectivity index (χ1n) is 9.48. The Morgan fingerprint density at radius 1 is 1.33 bits per heavy atom. The van der Waals surface area contributed by atoms with E-state index in [0.29, 0.717) is 21.6 Å². The fourth-order valence-corrected chi connectivity index (χ4v) is 5.17. The number of carbonyl (C=O) groups is 1. The van der Waals surface area contributed by atoms with Gasteiger partial charge in [0.15, 0.2) is 5.01 Å². The molecule has 0 saturated heterocycles. The summed E-state index contributed by atoms with van der Waals surface area (Å²) in [5, 5.41) is 17.7. The molecular formula is C20H17ClF2N6O2S2. The lowest BCUT2D eigenvalue weighted by Gasteiger charge is -2.27. The molecule has 0 aliphatic heterocycles. The van der Waals surface area contributed by atoms with Crippen molar-refractivity contribution >= 4 is 40.2 Å². The quantitative estimate of drug-likeness (QED) is 0.403. The highest BCUT2D eigenvalue weighted by atomic mass is 35.5. The van der Waals surface area contributed by atoms with Crippen LogP contribution in [-0.4, -0.2) is 44.5 Å². The van der Waals surface area contributed by atoms with E-state index in [1.165, 1.54) is 24.5 Å². The highest BCUT2D eigenvalue weighted by Gasteiger charge is 2.38. The van der Waals surface area contributed by atoms with E-state index in [1.54, 1.807) is 23.3 Å². The summed E-state index contributed by atoms with van der Waals surface area (Å²) in [7, 11) is 3.28. The van der Waals surface area contributed by atoms with Crippen molar-refractivity contribution in [1.29, 1.82) is 0 Å². The van der Waals surface area contributed by atoms with Gasteiger partial charge in [-0.2, -0.15) is 5.10 Å². The number of aryl methyl sites for hydroxylation is 1. The summed E-state index contributed by atoms with van der Waals surface area (Å²) in [6.07, 6.45) is 1.65. The zero-order valence-electron chi connectivity index (χ0n) is 17.6. The van der Waals surface area contributed by atoms with E-state index < -0.39 is 23.0 Å². The predicted octanol–water partition coefficient (Wildman–Crippen LogP) is 4.07. The van der Waals surface area contributed by atoms with Crippen LogP contribution in [0.3, 0.4) is 0 Å². The molecule has 1 amide bonds. The summed E-state index contributed by atoms with van der Waals surface area (Å²) in [6, 6.07) is 3.12. The fourth-order valence-electron chi connectivity index (χ4n) is 3.26. The van der Waals surface area contributed by atoms with Gasteiger partial charge in [0.05, 0.1) is 18.7 Å². The van der Waals surface area contributed by atoms with Crippen LogP contribution in [0.15, 0.2) is 29.8 Å². The molecule has 8 nitrogen and oxygen atoms in total. The zero-order chi connectivity index (χ0) is 23.8. The lowest BCUT2D eigenvalue weighted by atomic mass is 9.84. The molecular weight excluding hydrogens is 494 g/mol. The summed E-state index contributed by atoms with van der Waals surface area (Å²) in [5.74, 6) is -1.47. The number of methoxy groups -OCH3 is 1. The first kappa shape index (κ1) is 23.2. The Labute approximate surface area is 200 Å². The van der Waals surface area contributed by atoms with Gasteiger partial charge in [-0.05, 0) is 19.1 Å². The van der Waals surface area contributed by atoms with Crippen LogP contribution >= 0.6 is 34.3 Å². The lowest BCUT2D eigenvalue weighted by Crippen LogP contribution is -2.39. The van der Waals surface area contributed by atoms with Crippen LogP contribution in [-0.2, 0) is 12.5 Å². The molecule has 1 unspecified atom stereocenters. The van der Waals surface area contributed by atoms with E-state index in [2.05, 4.69) is 25.6 Å². The molecule has 0 bridgehead atoms. The van der Waals surface area contributed by atoms with Crippen LogP contribution in [0.5, 0.6) is 5.88 Å². The van der Waals surface area contributed by atoms with Crippen LogP contribution < -0.4 is 10.1 Å². The molecule has 1 N–H and O–H groups in total. The number of hydrogen-bond acceptors (Lipinski definition) is 8. The van der Waals surface area contributed by atoms with Crippen molar-refractivity contribution < 1.29 is 18.3 Å². The zero-order valence-corrected chi connectivity index (χ0v) is 20.0. The second-order valence-corrected chi connectivity index (χ2v) is 9.44. The number of halogens is 3. The Bertz CT molecular complexity index is 1320. The molecule has 4 rings (SSSR count). The number of benzene rings is 1. The summed E-state index contributed by atoms with van der Waals surface area (Å²) in [4.78, 5) is 17.2. The number of nitrogens with zero attached hydrogens (tertiary/aromatic N) is 5. The second kappa shape index (κ2) is 9.12. The van der Waals surface area contributed by atoms with Gasteiger partial charge in [0, 0.05) is 36.2 Å². The molecule has 0 fully saturated rings. The van der Waals surface area contributed by atoms with Crippen molar-refractivity contribution in [2.75, 3.05) is 13.7 Å². The fraction of sp³-hybridized carbons (Fsp3) is 0.250. The first-order chi connectivity index (χ1) is 15.7. The van der Waals surface area contributed by atoms with Gasteiger partial charge in [-0.15, -0.1) is 21.5 Å². The number of amides is 1. The average molecular weight is 511 g/mol. The Morgan fingerprint density at radius 2 is 2.12 bits per heavy atom. The van der Waals surface area contributed by atoms with Gasteiger partial charge in [-0.3, -0.25) is 4.79 Å². The van der Waals surface area contributed by atoms with E-state index in [4.69, 9.17) is 16.3 Å². The number of hydrogen-bond donors (Lipinski definition) is 1. The summed E-state index contributed by atoms with van der Waals surface area (Å²) < 4.78 is 34.3. The normalized spacial score (nSPS) is 13.0. The summed E-state index contributed by atoms with van der Waals surface area (Å²) >= 11 is 8.31. The van der Waals surface area contributed by atoms with E-state index in [9.17, 15) is 13.6 Å². The van der Waals surface area contributed by atoms with Gasteiger partial charge in [0.25, 0.3) is 5.91 Å². The third-order valence-corrected chi connectivity index (χ3v) is 7.39. The lowest BCUT2D eigenvalue weighted by molar-refractivity contribution is 0.0946. The predicted molar refractivity (Wildman–Crippen MR) is 121 cm³/mol. The summed E-state index contributed by atoms with van der Waals surface area (Å²) in [5.41, 5.74) is -0.0376. The maximum atomic E-state index is 14.1. The minimum Gasteiger partial charge on any atom is -0.481 e. The first-order valence-corrected chi connectivity index (χ1v) is 11.6. The Balaban J connectivity index is 1.60. The van der Waals surface area contributed by atoms with E-state index >= 15 is 0 Å². The van der Waals surface area contributed by atoms with E-state index in [1.807, 2.05) is 6.92 Å². The molecule has 3 aromatic heterocycles. The topological polar surface area (TPSA) is 94.8 Å². The number of nitrogens with one attached hydrogen (secondary N) is 1. The average Bonchev–Trinajstić information content (AvgIpc) is 3.52. The summed E-state index contributed by atoms with van der Waals surface area (Å²) in [6.45, 7) is 2.01. The largest absolute Gasteiger partial charge is 0.481 e. The van der Waals surface area contributed by atoms with E-state index in [-0.39, 0.29) is 22.1 Å². The molecule has 0 spiro atoms. The van der Waals surface area contributed by atoms with Crippen LogP contribution in [0.25, 0.3) is 10.6 Å². The molecule has 0 saturated carbocycles. The SMILES string of the molecule is COc1c(C(C)(CNC(=O)c2nnc(-c3ccc(F)cc3F)s2)c2nc(Cl)cs2)cnn1C. The minimum atomic E-state index is -0.816. The third-order valence-electron chi connectivity index (χ3n) is 5.00. The van der Waals surface area contributed by atoms with Gasteiger partial charge >= 0.3 is 0 Å². The van der Waals surface area contributed by atoms with Gasteiger partial charge in [0.1, 0.15) is 21.8 Å². The van der Waals surface area contributed by atoms with Crippen molar-refractivity contribution in [2.45, 2.75) is 12.3 Å². The van der Waals surface area contributed by atoms with Gasteiger partial charge in [0.2, 0.25) is 10.9 Å². The monoisotopic (exact) mass is 510 g/mol. The second-order valence-electron chi connectivity index (χ2n) is 7.22. The van der Waals surface area contributed by atoms with Crippen molar-refractivity contribution in [2.24, 2.45) is 7.05 Å². The number of thiazole rings is 1. The Kier molecular flexibility index (Phi) is 6.41. The standard InChI is InChI=1S/C20H17ClF2N6O2S2/c1-20(19-26-14(21)8-32-19,12-7-25-29(2)18(12)31-3)9-24-15(30)17-28-27-16(33-17)11-5-4-10(22)6-13(11)23/h4-8H,9H2,1-3H3,(H,24,30). The van der Waals surface area contributed by atoms with Crippen LogP contribution in [0, 0.1) is 11.6 Å². The third kappa shape index (κ3) is 4.45. The highest BCUT2D eigenvalue weighted by Crippen LogP contribution is 2.39. The maximum absolute atomic E-state index is 14.1. The molecule has 13 heteroatoms. The van der Waals surface area contributed by atoms with Gasteiger partial charge in [-0.25, -0.2) is 18.4 Å². The molecule has 4 aromatic rings. The van der Waals surface area contributed by atoms with Gasteiger partial charge in [-0.1, -0.05) is 22.9 Å². The Hall–Kier alpha value is -2.96. The van der Waals surface area contributed by atoms with Crippen molar-refractivity contribution in [3.63, 3.8) is 0 Å². The highest BCUT2D eigenvalue weighted by molar-refractivity contribution is 7.16. The molecule has 0 radical (unpaired) electrons. The van der Waals surface area contributed by atoms with Crippen LogP contribution in [0.2, 0.25) is 5.15 Å². The minimum absolute atomic E-state index is 0.0337. The molecule has 172 valence electrons. The molecule has 3 heterocycles. The number of carbonyl (C=O) groups excluding carboxylic acids is 1. The van der Waals surface area contributed by atoms with E-state index in [0.717, 1.165) is 23.5 Å². The molecule has 0 aliphatic carbocycles. The smallest absolute Gasteiger partial charge is 0.282 e. The van der Waals surface area contributed by atoms with Crippen molar-refractivity contribution in [3.8, 4) is 16.5 Å². The van der Waals surface area contributed by atoms with Crippen molar-refractivity contribution in [3.05, 3.63) is 62.1 Å². The number of aromatic nitrogens is 5. The number of ether oxygens (including phenoxy) is 1. The molecule has 1 atom stereocenters.